The molecular formula is C13H15N3O4S. The van der Waals surface area contributed by atoms with Gasteiger partial charge < -0.3 is 15.2 Å². The van der Waals surface area contributed by atoms with E-state index in [2.05, 4.69) is 4.98 Å². The van der Waals surface area contributed by atoms with Gasteiger partial charge in [0.05, 0.1) is 19.4 Å². The largest absolute Gasteiger partial charge is 0.465 e. The summed E-state index contributed by atoms with van der Waals surface area (Å²) in [6, 6.07) is 1.72. The molecule has 0 amide bonds. The molecule has 0 fully saturated rings. The van der Waals surface area contributed by atoms with Crippen LogP contribution in [0.3, 0.4) is 0 Å². The molecule has 0 atom stereocenters. The van der Waals surface area contributed by atoms with Gasteiger partial charge in [-0.15, -0.1) is 11.3 Å². The molecule has 2 N–H and O–H groups in total. The van der Waals surface area contributed by atoms with E-state index in [0.29, 0.717) is 16.4 Å². The fraction of sp³-hybridized carbons (Fsp3) is 0.308. The maximum atomic E-state index is 11.8. The summed E-state index contributed by atoms with van der Waals surface area (Å²) in [5.41, 5.74) is 6.56. The number of aromatic nitrogens is 2. The highest BCUT2D eigenvalue weighted by atomic mass is 32.1. The van der Waals surface area contributed by atoms with Crippen LogP contribution in [0.4, 0.5) is 5.82 Å². The van der Waals surface area contributed by atoms with Gasteiger partial charge in [-0.1, -0.05) is 0 Å². The van der Waals surface area contributed by atoms with Crippen LogP contribution in [-0.2, 0) is 9.47 Å². The first kappa shape index (κ1) is 15.0. The standard InChI is InChI=1S/C13H15N3O4S/c1-4-20-12(17)9-11(14)16(7(2)15-9)8-5-6-21-10(8)13(18)19-3/h5-6H,4,14H2,1-3H3. The summed E-state index contributed by atoms with van der Waals surface area (Å²) in [4.78, 5) is 28.1. The number of carbonyl (C=O) groups is 2. The average Bonchev–Trinajstić information content (AvgIpc) is 3.03. The molecule has 21 heavy (non-hydrogen) atoms. The highest BCUT2D eigenvalue weighted by molar-refractivity contribution is 7.12. The van der Waals surface area contributed by atoms with Crippen LogP contribution in [-0.4, -0.2) is 35.2 Å². The minimum Gasteiger partial charge on any atom is -0.465 e. The Balaban J connectivity index is 2.53. The van der Waals surface area contributed by atoms with E-state index in [1.54, 1.807) is 25.3 Å². The normalized spacial score (nSPS) is 10.4. The first-order chi connectivity index (χ1) is 10.0. The lowest BCUT2D eigenvalue weighted by Gasteiger charge is -2.08. The predicted octanol–water partition coefficient (Wildman–Crippen LogP) is 1.79. The molecule has 2 rings (SSSR count). The first-order valence-corrected chi connectivity index (χ1v) is 7.07. The molecule has 0 saturated carbocycles. The number of anilines is 1. The lowest BCUT2D eigenvalue weighted by molar-refractivity contribution is 0.0520. The van der Waals surface area contributed by atoms with E-state index in [1.807, 2.05) is 0 Å². The Bertz CT molecular complexity index is 690. The van der Waals surface area contributed by atoms with Crippen LogP contribution in [0.25, 0.3) is 5.69 Å². The Morgan fingerprint density at radius 2 is 2.14 bits per heavy atom. The third kappa shape index (κ3) is 2.62. The first-order valence-electron chi connectivity index (χ1n) is 6.19. The van der Waals surface area contributed by atoms with E-state index in [0.717, 1.165) is 0 Å². The van der Waals surface area contributed by atoms with Crippen molar-refractivity contribution in [1.82, 2.24) is 9.55 Å². The topological polar surface area (TPSA) is 96.4 Å². The van der Waals surface area contributed by atoms with Crippen molar-refractivity contribution in [1.29, 1.82) is 0 Å². The van der Waals surface area contributed by atoms with Gasteiger partial charge in [0.1, 0.15) is 16.5 Å². The van der Waals surface area contributed by atoms with Gasteiger partial charge in [0.15, 0.2) is 5.69 Å². The van der Waals surface area contributed by atoms with Gasteiger partial charge in [0.2, 0.25) is 0 Å². The van der Waals surface area contributed by atoms with Gasteiger partial charge in [0, 0.05) is 0 Å². The van der Waals surface area contributed by atoms with Crippen LogP contribution in [0.1, 0.15) is 32.9 Å². The lowest BCUT2D eigenvalue weighted by Crippen LogP contribution is -2.11. The summed E-state index contributed by atoms with van der Waals surface area (Å²) in [6.45, 7) is 3.63. The molecule has 2 aromatic heterocycles. The second-order valence-electron chi connectivity index (χ2n) is 4.08. The molecule has 0 aromatic carbocycles. The summed E-state index contributed by atoms with van der Waals surface area (Å²) in [5.74, 6) is -0.439. The van der Waals surface area contributed by atoms with Crippen LogP contribution in [0, 0.1) is 6.92 Å². The Kier molecular flexibility index (Phi) is 4.27. The Morgan fingerprint density at radius 1 is 1.43 bits per heavy atom. The maximum absolute atomic E-state index is 11.8. The van der Waals surface area contributed by atoms with Gasteiger partial charge in [-0.2, -0.15) is 0 Å². The van der Waals surface area contributed by atoms with Gasteiger partial charge in [-0.05, 0) is 25.3 Å². The van der Waals surface area contributed by atoms with Crippen molar-refractivity contribution in [2.24, 2.45) is 0 Å². The smallest absolute Gasteiger partial charge is 0.360 e. The van der Waals surface area contributed by atoms with E-state index < -0.39 is 11.9 Å². The molecule has 0 spiro atoms. The van der Waals surface area contributed by atoms with Crippen LogP contribution in [0.15, 0.2) is 11.4 Å². The molecule has 8 heteroatoms. The number of aryl methyl sites for hydroxylation is 1. The average molecular weight is 309 g/mol. The fourth-order valence-corrected chi connectivity index (χ4v) is 2.72. The number of imidazole rings is 1. The zero-order valence-electron chi connectivity index (χ0n) is 11.9. The van der Waals surface area contributed by atoms with Crippen molar-refractivity contribution in [3.8, 4) is 5.69 Å². The molecule has 0 aliphatic heterocycles. The molecule has 0 bridgehead atoms. The van der Waals surface area contributed by atoms with E-state index >= 15 is 0 Å². The van der Waals surface area contributed by atoms with Gasteiger partial charge in [-0.25, -0.2) is 14.6 Å². The van der Waals surface area contributed by atoms with Gasteiger partial charge >= 0.3 is 11.9 Å². The Hall–Kier alpha value is -2.35. The molecule has 0 unspecified atom stereocenters. The third-order valence-electron chi connectivity index (χ3n) is 2.81. The number of rotatable bonds is 4. The highest BCUT2D eigenvalue weighted by Gasteiger charge is 2.24. The monoisotopic (exact) mass is 309 g/mol. The second-order valence-corrected chi connectivity index (χ2v) is 4.99. The van der Waals surface area contributed by atoms with Crippen LogP contribution in [0.5, 0.6) is 0 Å². The molecule has 2 heterocycles. The molecule has 0 radical (unpaired) electrons. The zero-order valence-corrected chi connectivity index (χ0v) is 12.7. The molecule has 112 valence electrons. The number of esters is 2. The number of ether oxygens (including phenoxy) is 2. The van der Waals surface area contributed by atoms with Crippen molar-refractivity contribution in [3.63, 3.8) is 0 Å². The van der Waals surface area contributed by atoms with Crippen molar-refractivity contribution in [3.05, 3.63) is 27.8 Å². The van der Waals surface area contributed by atoms with E-state index in [-0.39, 0.29) is 18.1 Å². The number of nitrogens with zero attached hydrogens (tertiary/aromatic N) is 2. The number of nitrogens with two attached hydrogens (primary N) is 1. The summed E-state index contributed by atoms with van der Waals surface area (Å²) in [5, 5.41) is 1.74. The fourth-order valence-electron chi connectivity index (χ4n) is 1.93. The minimum absolute atomic E-state index is 0.0383. The minimum atomic E-state index is -0.591. The van der Waals surface area contributed by atoms with Crippen molar-refractivity contribution in [2.45, 2.75) is 13.8 Å². The van der Waals surface area contributed by atoms with E-state index in [1.165, 1.54) is 23.0 Å². The summed E-state index contributed by atoms with van der Waals surface area (Å²) >= 11 is 1.23. The molecule has 0 aliphatic rings. The molecular weight excluding hydrogens is 294 g/mol. The van der Waals surface area contributed by atoms with Crippen molar-refractivity contribution < 1.29 is 19.1 Å². The summed E-state index contributed by atoms with van der Waals surface area (Å²) in [7, 11) is 1.31. The quantitative estimate of drug-likeness (QED) is 0.865. The predicted molar refractivity (Wildman–Crippen MR) is 77.9 cm³/mol. The molecule has 0 saturated heterocycles. The molecule has 7 nitrogen and oxygen atoms in total. The summed E-state index contributed by atoms with van der Waals surface area (Å²) in [6.07, 6.45) is 0. The summed E-state index contributed by atoms with van der Waals surface area (Å²) < 4.78 is 11.2. The molecule has 2 aromatic rings. The number of methoxy groups -OCH3 is 1. The molecule has 0 aliphatic carbocycles. The van der Waals surface area contributed by atoms with Crippen LogP contribution in [0.2, 0.25) is 0 Å². The zero-order chi connectivity index (χ0) is 15.6. The Labute approximate surface area is 125 Å². The Morgan fingerprint density at radius 3 is 2.76 bits per heavy atom. The number of thiophene rings is 1. The van der Waals surface area contributed by atoms with E-state index in [4.69, 9.17) is 15.2 Å². The number of hydrogen-bond donors (Lipinski definition) is 1. The van der Waals surface area contributed by atoms with Crippen molar-refractivity contribution >= 4 is 29.1 Å². The SMILES string of the molecule is CCOC(=O)c1nc(C)n(-c2ccsc2C(=O)OC)c1N. The van der Waals surface area contributed by atoms with Crippen LogP contribution >= 0.6 is 11.3 Å². The number of carbonyl (C=O) groups excluding carboxylic acids is 2. The number of hydrogen-bond acceptors (Lipinski definition) is 7. The van der Waals surface area contributed by atoms with Crippen LogP contribution < -0.4 is 5.73 Å². The highest BCUT2D eigenvalue weighted by Crippen LogP contribution is 2.28. The van der Waals surface area contributed by atoms with Gasteiger partial charge in [0.25, 0.3) is 0 Å². The van der Waals surface area contributed by atoms with Crippen molar-refractivity contribution in [2.75, 3.05) is 19.5 Å². The number of nitrogen functional groups attached to an aromatic ring is 1. The lowest BCUT2D eigenvalue weighted by atomic mass is 10.3. The maximum Gasteiger partial charge on any atom is 0.360 e. The second kappa shape index (κ2) is 5.96. The van der Waals surface area contributed by atoms with E-state index in [9.17, 15) is 9.59 Å². The third-order valence-corrected chi connectivity index (χ3v) is 3.69. The van der Waals surface area contributed by atoms with Gasteiger partial charge in [-0.3, -0.25) is 4.57 Å².